The topological polar surface area (TPSA) is 99.0 Å². The lowest BCUT2D eigenvalue weighted by atomic mass is 10.2. The molecule has 1 aromatic heterocycles. The molecule has 3 rings (SSSR count). The zero-order valence-electron chi connectivity index (χ0n) is 14.3. The molecule has 6 nitrogen and oxygen atoms in total. The van der Waals surface area contributed by atoms with Gasteiger partial charge in [-0.15, -0.1) is 0 Å². The largest absolute Gasteiger partial charge is 0.507 e. The maximum atomic E-state index is 13.6. The van der Waals surface area contributed by atoms with E-state index in [1.54, 1.807) is 18.2 Å². The summed E-state index contributed by atoms with van der Waals surface area (Å²) in [6.45, 7) is -0.524. The van der Waals surface area contributed by atoms with Gasteiger partial charge in [-0.1, -0.05) is 28.1 Å². The van der Waals surface area contributed by atoms with Gasteiger partial charge in [-0.2, -0.15) is 5.26 Å². The second-order valence-corrected chi connectivity index (χ2v) is 6.56. The standard InChI is InChI=1S/C20H13BrFN3O3/c21-13-6-7-15(22)12(9-13)5-8-19(27)28-11-18(26)14(10-23)20-24-16-3-1-2-4-17(16)25-20/h1-9,26H,11H2,(H,24,25)/b8-5?,18-14-. The third-order valence-electron chi connectivity index (χ3n) is 3.73. The van der Waals surface area contributed by atoms with Crippen LogP contribution >= 0.6 is 15.9 Å². The fraction of sp³-hybridized carbons (Fsp3) is 0.0500. The van der Waals surface area contributed by atoms with Crippen molar-refractivity contribution in [2.75, 3.05) is 6.61 Å². The van der Waals surface area contributed by atoms with Gasteiger partial charge in [-0.3, -0.25) is 0 Å². The zero-order chi connectivity index (χ0) is 20.1. The summed E-state index contributed by atoms with van der Waals surface area (Å²) in [5.74, 6) is -1.57. The highest BCUT2D eigenvalue weighted by Gasteiger charge is 2.14. The molecule has 1 heterocycles. The number of halogens is 2. The summed E-state index contributed by atoms with van der Waals surface area (Å²) in [5, 5.41) is 19.5. The number of fused-ring (bicyclic) bond motifs is 1. The highest BCUT2D eigenvalue weighted by molar-refractivity contribution is 9.10. The van der Waals surface area contributed by atoms with Crippen molar-refractivity contribution < 1.29 is 19.0 Å². The number of aromatic nitrogens is 2. The number of para-hydroxylation sites is 2. The summed E-state index contributed by atoms with van der Waals surface area (Å²) in [7, 11) is 0. The van der Waals surface area contributed by atoms with Crippen LogP contribution in [-0.2, 0) is 9.53 Å². The number of H-pyrrole nitrogens is 1. The number of hydrogen-bond donors (Lipinski definition) is 2. The summed E-state index contributed by atoms with van der Waals surface area (Å²) in [4.78, 5) is 19.0. The van der Waals surface area contributed by atoms with E-state index in [2.05, 4.69) is 25.9 Å². The van der Waals surface area contributed by atoms with Gasteiger partial charge in [0.25, 0.3) is 0 Å². The Kier molecular flexibility index (Phi) is 5.87. The van der Waals surface area contributed by atoms with E-state index in [0.717, 1.165) is 6.08 Å². The number of esters is 1. The molecule has 0 radical (unpaired) electrons. The van der Waals surface area contributed by atoms with E-state index in [-0.39, 0.29) is 17.0 Å². The lowest BCUT2D eigenvalue weighted by molar-refractivity contribution is -0.137. The Hall–Kier alpha value is -3.44. The molecule has 8 heteroatoms. The summed E-state index contributed by atoms with van der Waals surface area (Å²) in [5.41, 5.74) is 1.40. The minimum atomic E-state index is -0.798. The molecule has 0 amide bonds. The van der Waals surface area contributed by atoms with Crippen molar-refractivity contribution in [3.05, 3.63) is 76.0 Å². The van der Waals surface area contributed by atoms with Crippen LogP contribution in [0.3, 0.4) is 0 Å². The summed E-state index contributed by atoms with van der Waals surface area (Å²) in [6, 6.07) is 13.3. The number of carbonyl (C=O) groups excluding carboxylic acids is 1. The molecule has 2 aromatic carbocycles. The summed E-state index contributed by atoms with van der Waals surface area (Å²) < 4.78 is 19.2. The number of nitrogens with zero attached hydrogens (tertiary/aromatic N) is 2. The third kappa shape index (κ3) is 4.45. The first kappa shape index (κ1) is 19.3. The van der Waals surface area contributed by atoms with Crippen LogP contribution in [0.25, 0.3) is 22.7 Å². The van der Waals surface area contributed by atoms with Crippen LogP contribution in [0.4, 0.5) is 4.39 Å². The number of aliphatic hydroxyl groups excluding tert-OH is 1. The minimum absolute atomic E-state index is 0.133. The van der Waals surface area contributed by atoms with Crippen molar-refractivity contribution >= 4 is 44.6 Å². The zero-order valence-corrected chi connectivity index (χ0v) is 15.9. The summed E-state index contributed by atoms with van der Waals surface area (Å²) in [6.07, 6.45) is 2.29. The van der Waals surface area contributed by atoms with Crippen LogP contribution in [0.15, 0.2) is 58.8 Å². The van der Waals surface area contributed by atoms with Crippen LogP contribution in [0.1, 0.15) is 11.4 Å². The molecular weight excluding hydrogens is 429 g/mol. The highest BCUT2D eigenvalue weighted by atomic mass is 79.9. The number of aromatic amines is 1. The lowest BCUT2D eigenvalue weighted by Gasteiger charge is -2.03. The molecule has 0 aliphatic rings. The van der Waals surface area contributed by atoms with E-state index >= 15 is 0 Å². The van der Waals surface area contributed by atoms with E-state index < -0.39 is 24.2 Å². The Bertz CT molecular complexity index is 1110. The molecule has 140 valence electrons. The molecule has 2 N–H and O–H groups in total. The first-order valence-electron chi connectivity index (χ1n) is 8.05. The highest BCUT2D eigenvalue weighted by Crippen LogP contribution is 2.19. The van der Waals surface area contributed by atoms with Crippen LogP contribution in [-0.4, -0.2) is 27.7 Å². The number of allylic oxidation sites excluding steroid dienone is 1. The van der Waals surface area contributed by atoms with E-state index in [1.807, 2.05) is 12.1 Å². The second kappa shape index (κ2) is 8.50. The maximum absolute atomic E-state index is 13.6. The Labute approximate surface area is 167 Å². The molecule has 0 spiro atoms. The van der Waals surface area contributed by atoms with Gasteiger partial charge in [0.2, 0.25) is 0 Å². The number of rotatable bonds is 5. The van der Waals surface area contributed by atoms with Gasteiger partial charge in [0, 0.05) is 16.1 Å². The Morgan fingerprint density at radius 1 is 1.36 bits per heavy atom. The van der Waals surface area contributed by atoms with Crippen LogP contribution in [0, 0.1) is 17.1 Å². The molecule has 0 bridgehead atoms. The quantitative estimate of drug-likeness (QED) is 0.262. The van der Waals surface area contributed by atoms with Crippen molar-refractivity contribution in [2.45, 2.75) is 0 Å². The SMILES string of the molecule is N#C/C(=C(/O)COC(=O)C=Cc1cc(Br)ccc1F)c1nc2ccccc2[nH]1. The monoisotopic (exact) mass is 441 g/mol. The fourth-order valence-electron chi connectivity index (χ4n) is 2.39. The number of ether oxygens (including phenoxy) is 1. The predicted octanol–water partition coefficient (Wildman–Crippen LogP) is 4.51. The smallest absolute Gasteiger partial charge is 0.331 e. The Morgan fingerprint density at radius 2 is 2.14 bits per heavy atom. The molecule has 0 unspecified atom stereocenters. The van der Waals surface area contributed by atoms with Gasteiger partial charge >= 0.3 is 5.97 Å². The Balaban J connectivity index is 1.71. The van der Waals surface area contributed by atoms with Gasteiger partial charge in [-0.05, 0) is 36.4 Å². The predicted molar refractivity (Wildman–Crippen MR) is 105 cm³/mol. The van der Waals surface area contributed by atoms with E-state index in [4.69, 9.17) is 4.74 Å². The molecule has 3 aromatic rings. The number of benzene rings is 2. The van der Waals surface area contributed by atoms with Gasteiger partial charge in [0.05, 0.1) is 11.0 Å². The Morgan fingerprint density at radius 3 is 2.89 bits per heavy atom. The van der Waals surface area contributed by atoms with Gasteiger partial charge in [-0.25, -0.2) is 14.2 Å². The number of carbonyl (C=O) groups is 1. The van der Waals surface area contributed by atoms with Crippen molar-refractivity contribution in [3.8, 4) is 6.07 Å². The number of nitriles is 1. The average Bonchev–Trinajstić information content (AvgIpc) is 3.11. The maximum Gasteiger partial charge on any atom is 0.331 e. The number of nitrogens with one attached hydrogen (secondary N) is 1. The summed E-state index contributed by atoms with van der Waals surface area (Å²) >= 11 is 3.22. The van der Waals surface area contributed by atoms with Crippen LogP contribution in [0.2, 0.25) is 0 Å². The van der Waals surface area contributed by atoms with Gasteiger partial charge < -0.3 is 14.8 Å². The fourth-order valence-corrected chi connectivity index (χ4v) is 2.76. The molecule has 28 heavy (non-hydrogen) atoms. The number of hydrogen-bond acceptors (Lipinski definition) is 5. The lowest BCUT2D eigenvalue weighted by Crippen LogP contribution is -2.06. The van der Waals surface area contributed by atoms with Crippen LogP contribution < -0.4 is 0 Å². The second-order valence-electron chi connectivity index (χ2n) is 5.64. The first-order chi connectivity index (χ1) is 13.5. The van der Waals surface area contributed by atoms with Gasteiger partial charge in [0.15, 0.2) is 11.6 Å². The normalized spacial score (nSPS) is 12.0. The van der Waals surface area contributed by atoms with E-state index in [1.165, 1.54) is 24.3 Å². The molecule has 0 fully saturated rings. The van der Waals surface area contributed by atoms with Crippen molar-refractivity contribution in [1.29, 1.82) is 5.26 Å². The van der Waals surface area contributed by atoms with E-state index in [0.29, 0.717) is 15.5 Å². The van der Waals surface area contributed by atoms with Crippen molar-refractivity contribution in [3.63, 3.8) is 0 Å². The third-order valence-corrected chi connectivity index (χ3v) is 4.23. The van der Waals surface area contributed by atoms with Gasteiger partial charge in [0.1, 0.15) is 24.1 Å². The molecule has 0 saturated carbocycles. The average molecular weight is 442 g/mol. The number of imidazole rings is 1. The van der Waals surface area contributed by atoms with Crippen molar-refractivity contribution in [1.82, 2.24) is 9.97 Å². The van der Waals surface area contributed by atoms with E-state index in [9.17, 15) is 19.6 Å². The molecule has 0 atom stereocenters. The molecule has 0 aliphatic carbocycles. The van der Waals surface area contributed by atoms with Crippen molar-refractivity contribution in [2.24, 2.45) is 0 Å². The molecule has 0 saturated heterocycles. The number of aliphatic hydroxyl groups is 1. The van der Waals surface area contributed by atoms with Crippen LogP contribution in [0.5, 0.6) is 0 Å². The molecule has 0 aliphatic heterocycles. The minimum Gasteiger partial charge on any atom is -0.507 e. The molecular formula is C20H13BrFN3O3. The first-order valence-corrected chi connectivity index (χ1v) is 8.84.